The lowest BCUT2D eigenvalue weighted by Gasteiger charge is -2.23. The van der Waals surface area contributed by atoms with Crippen molar-refractivity contribution in [3.05, 3.63) is 0 Å². The molecule has 252 valence electrons. The fourth-order valence-corrected chi connectivity index (χ4v) is 6.57. The number of amides is 1. The van der Waals surface area contributed by atoms with Crippen LogP contribution >= 0.6 is 0 Å². The molecule has 0 aromatic rings. The lowest BCUT2D eigenvalue weighted by Crippen LogP contribution is -2.47. The van der Waals surface area contributed by atoms with E-state index in [0.29, 0.717) is 12.8 Å². The molecule has 1 amide bonds. The van der Waals surface area contributed by atoms with E-state index in [0.717, 1.165) is 51.4 Å². The van der Waals surface area contributed by atoms with Gasteiger partial charge >= 0.3 is 0 Å². The van der Waals surface area contributed by atoms with E-state index in [2.05, 4.69) is 19.2 Å². The van der Waals surface area contributed by atoms with Crippen molar-refractivity contribution in [1.29, 1.82) is 0 Å². The topological polar surface area (TPSA) is 104 Å². The van der Waals surface area contributed by atoms with E-state index in [1.807, 2.05) is 0 Å². The van der Waals surface area contributed by atoms with Gasteiger partial charge in [0.05, 0.1) is 17.9 Å². The summed E-state index contributed by atoms with van der Waals surface area (Å²) in [5, 5.41) is 13.1. The van der Waals surface area contributed by atoms with Crippen LogP contribution in [-0.2, 0) is 14.9 Å². The molecule has 0 rings (SSSR count). The molecule has 3 N–H and O–H groups in total. The van der Waals surface area contributed by atoms with Crippen LogP contribution in [0, 0.1) is 0 Å². The molecule has 0 saturated heterocycles. The predicted molar refractivity (Wildman–Crippen MR) is 180 cm³/mol. The average molecular weight is 618 g/mol. The number of hydrogen-bond acceptors (Lipinski definition) is 4. The Hall–Kier alpha value is -0.660. The van der Waals surface area contributed by atoms with Gasteiger partial charge in [0.25, 0.3) is 10.1 Å². The summed E-state index contributed by atoms with van der Waals surface area (Å²) in [7, 11) is -4.28. The van der Waals surface area contributed by atoms with E-state index in [-0.39, 0.29) is 5.91 Å². The SMILES string of the molecule is CCCCCCCCCCCCCCCCCCCCCCCCC(=O)NC(CS(=O)(=O)O)C(O)CCCCCCC. The lowest BCUT2D eigenvalue weighted by molar-refractivity contribution is -0.122. The Kier molecular flexibility index (Phi) is 29.9. The van der Waals surface area contributed by atoms with Crippen molar-refractivity contribution in [1.82, 2.24) is 5.32 Å². The van der Waals surface area contributed by atoms with Crippen molar-refractivity contribution in [2.75, 3.05) is 5.75 Å². The molecule has 2 unspecified atom stereocenters. The quantitative estimate of drug-likeness (QED) is 0.0502. The summed E-state index contributed by atoms with van der Waals surface area (Å²) in [6.07, 6.45) is 33.9. The highest BCUT2D eigenvalue weighted by atomic mass is 32.2. The Bertz CT molecular complexity index is 685. The first-order valence-corrected chi connectivity index (χ1v) is 19.8. The predicted octanol–water partition coefficient (Wildman–Crippen LogP) is 10.1. The first kappa shape index (κ1) is 41.3. The van der Waals surface area contributed by atoms with Gasteiger partial charge in [-0.1, -0.05) is 181 Å². The van der Waals surface area contributed by atoms with Gasteiger partial charge in [0, 0.05) is 6.42 Å². The highest BCUT2D eigenvalue weighted by molar-refractivity contribution is 7.85. The van der Waals surface area contributed by atoms with E-state index in [1.165, 1.54) is 122 Å². The van der Waals surface area contributed by atoms with Crippen molar-refractivity contribution < 1.29 is 22.9 Å². The number of nitrogens with one attached hydrogen (secondary N) is 1. The molecule has 0 aromatic carbocycles. The fraction of sp³-hybridized carbons (Fsp3) is 0.971. The van der Waals surface area contributed by atoms with Gasteiger partial charge in [-0.25, -0.2) is 0 Å². The van der Waals surface area contributed by atoms with Crippen LogP contribution in [0.5, 0.6) is 0 Å². The molecular weight excluding hydrogens is 546 g/mol. The minimum absolute atomic E-state index is 0.248. The van der Waals surface area contributed by atoms with Crippen molar-refractivity contribution in [2.45, 2.75) is 212 Å². The summed E-state index contributed by atoms with van der Waals surface area (Å²) in [5.41, 5.74) is 0. The molecule has 0 spiro atoms. The first-order chi connectivity index (χ1) is 20.3. The fourth-order valence-electron chi connectivity index (χ4n) is 5.81. The van der Waals surface area contributed by atoms with Crippen molar-refractivity contribution in [3.8, 4) is 0 Å². The van der Waals surface area contributed by atoms with Gasteiger partial charge < -0.3 is 10.4 Å². The van der Waals surface area contributed by atoms with Gasteiger partial charge in [-0.2, -0.15) is 8.42 Å². The summed E-state index contributed by atoms with van der Waals surface area (Å²) < 4.78 is 32.1. The summed E-state index contributed by atoms with van der Waals surface area (Å²) in [5.74, 6) is -0.893. The third kappa shape index (κ3) is 30.8. The molecule has 0 aliphatic rings. The molecule has 0 aromatic heterocycles. The number of hydrogen-bond donors (Lipinski definition) is 3. The van der Waals surface area contributed by atoms with Crippen LogP contribution in [0.2, 0.25) is 0 Å². The van der Waals surface area contributed by atoms with Gasteiger partial charge in [-0.15, -0.1) is 0 Å². The second-order valence-electron chi connectivity index (χ2n) is 12.9. The molecule has 7 heteroatoms. The Morgan fingerprint density at radius 1 is 0.548 bits per heavy atom. The van der Waals surface area contributed by atoms with Gasteiger partial charge in [-0.05, 0) is 12.8 Å². The number of aliphatic hydroxyl groups excluding tert-OH is 1. The zero-order valence-electron chi connectivity index (χ0n) is 27.9. The molecule has 0 saturated carbocycles. The maximum absolute atomic E-state index is 12.4. The van der Waals surface area contributed by atoms with E-state index < -0.39 is 28.0 Å². The molecule has 6 nitrogen and oxygen atoms in total. The largest absolute Gasteiger partial charge is 0.391 e. The lowest BCUT2D eigenvalue weighted by atomic mass is 10.0. The summed E-state index contributed by atoms with van der Waals surface area (Å²) in [6, 6.07) is -0.960. The normalized spacial score (nSPS) is 13.3. The minimum Gasteiger partial charge on any atom is -0.391 e. The van der Waals surface area contributed by atoms with E-state index >= 15 is 0 Å². The zero-order valence-corrected chi connectivity index (χ0v) is 28.7. The highest BCUT2D eigenvalue weighted by Crippen LogP contribution is 2.16. The summed E-state index contributed by atoms with van der Waals surface area (Å²) >= 11 is 0. The van der Waals surface area contributed by atoms with E-state index in [4.69, 9.17) is 0 Å². The summed E-state index contributed by atoms with van der Waals surface area (Å²) in [6.45, 7) is 4.41. The van der Waals surface area contributed by atoms with Crippen LogP contribution < -0.4 is 5.32 Å². The van der Waals surface area contributed by atoms with Gasteiger partial charge in [0.1, 0.15) is 0 Å². The average Bonchev–Trinajstić information content (AvgIpc) is 2.94. The van der Waals surface area contributed by atoms with Crippen LogP contribution in [0.15, 0.2) is 0 Å². The Balaban J connectivity index is 3.63. The summed E-state index contributed by atoms with van der Waals surface area (Å²) in [4.78, 5) is 12.4. The highest BCUT2D eigenvalue weighted by Gasteiger charge is 2.26. The molecule has 0 heterocycles. The smallest absolute Gasteiger partial charge is 0.266 e. The minimum atomic E-state index is -4.28. The Morgan fingerprint density at radius 2 is 0.857 bits per heavy atom. The second kappa shape index (κ2) is 30.4. The molecule has 0 fully saturated rings. The molecule has 42 heavy (non-hydrogen) atoms. The molecule has 0 aliphatic heterocycles. The van der Waals surface area contributed by atoms with Crippen LogP contribution in [0.1, 0.15) is 200 Å². The number of unbranched alkanes of at least 4 members (excludes halogenated alkanes) is 25. The van der Waals surface area contributed by atoms with Crippen molar-refractivity contribution in [3.63, 3.8) is 0 Å². The Morgan fingerprint density at radius 3 is 1.19 bits per heavy atom. The van der Waals surface area contributed by atoms with Crippen LogP contribution in [-0.4, -0.2) is 41.9 Å². The van der Waals surface area contributed by atoms with Crippen LogP contribution in [0.4, 0.5) is 0 Å². The molecule has 0 aliphatic carbocycles. The Labute approximate surface area is 261 Å². The second-order valence-corrected chi connectivity index (χ2v) is 14.4. The third-order valence-electron chi connectivity index (χ3n) is 8.56. The third-order valence-corrected chi connectivity index (χ3v) is 9.34. The number of carbonyl (C=O) groups excluding carboxylic acids is 1. The van der Waals surface area contributed by atoms with E-state index in [1.54, 1.807) is 0 Å². The zero-order chi connectivity index (χ0) is 31.2. The molecule has 2 atom stereocenters. The number of carbonyl (C=O) groups is 1. The molecule has 0 radical (unpaired) electrons. The maximum Gasteiger partial charge on any atom is 0.266 e. The number of aliphatic hydroxyl groups is 1. The van der Waals surface area contributed by atoms with Crippen molar-refractivity contribution >= 4 is 16.0 Å². The van der Waals surface area contributed by atoms with Gasteiger partial charge in [0.15, 0.2) is 0 Å². The van der Waals surface area contributed by atoms with Gasteiger partial charge in [-0.3, -0.25) is 9.35 Å². The van der Waals surface area contributed by atoms with E-state index in [9.17, 15) is 22.9 Å². The van der Waals surface area contributed by atoms with Gasteiger partial charge in [0.2, 0.25) is 5.91 Å². The van der Waals surface area contributed by atoms with Crippen molar-refractivity contribution in [2.24, 2.45) is 0 Å². The molecule has 0 bridgehead atoms. The maximum atomic E-state index is 12.4. The van der Waals surface area contributed by atoms with Crippen LogP contribution in [0.3, 0.4) is 0 Å². The first-order valence-electron chi connectivity index (χ1n) is 18.2. The number of rotatable bonds is 33. The van der Waals surface area contributed by atoms with Crippen LogP contribution in [0.25, 0.3) is 0 Å². The molecular formula is C35H71NO5S. The standard InChI is InChI=1S/C35H71NO5S/c1-3-5-7-9-10-11-12-13-14-15-16-17-18-19-20-21-22-23-24-25-27-29-31-35(38)36-33(32-42(39,40)41)34(37)30-28-26-8-6-4-2/h33-34,37H,3-32H2,1-2H3,(H,36,38)(H,39,40,41). The monoisotopic (exact) mass is 618 g/mol.